The zero-order valence-electron chi connectivity index (χ0n) is 11.6. The van der Waals surface area contributed by atoms with Crippen LogP contribution in [-0.2, 0) is 0 Å². The number of amides is 1. The fraction of sp³-hybridized carbons (Fsp3) is 0.267. The van der Waals surface area contributed by atoms with Gasteiger partial charge in [0.2, 0.25) is 0 Å². The highest BCUT2D eigenvalue weighted by atomic mass is 79.9. The van der Waals surface area contributed by atoms with E-state index in [0.29, 0.717) is 29.7 Å². The van der Waals surface area contributed by atoms with E-state index in [1.165, 1.54) is 0 Å². The Labute approximate surface area is 141 Å². The van der Waals surface area contributed by atoms with Gasteiger partial charge >= 0.3 is 6.01 Å². The summed E-state index contributed by atoms with van der Waals surface area (Å²) >= 11 is 9.47. The predicted octanol–water partition coefficient (Wildman–Crippen LogP) is 3.19. The van der Waals surface area contributed by atoms with E-state index in [9.17, 15) is 4.79 Å². The zero-order chi connectivity index (χ0) is 15.5. The number of nitrogens with zero attached hydrogens (tertiary/aromatic N) is 3. The van der Waals surface area contributed by atoms with Crippen LogP contribution in [0.2, 0.25) is 5.02 Å². The number of carbonyl (C=O) groups excluding carboxylic acids is 1. The summed E-state index contributed by atoms with van der Waals surface area (Å²) in [7, 11) is 0. The maximum absolute atomic E-state index is 12.6. The van der Waals surface area contributed by atoms with E-state index < -0.39 is 0 Å². The van der Waals surface area contributed by atoms with Crippen LogP contribution in [0.1, 0.15) is 16.8 Å². The summed E-state index contributed by atoms with van der Waals surface area (Å²) in [5.41, 5.74) is 0.493. The van der Waals surface area contributed by atoms with Gasteiger partial charge in [-0.2, -0.15) is 0 Å². The van der Waals surface area contributed by atoms with E-state index >= 15 is 0 Å². The summed E-state index contributed by atoms with van der Waals surface area (Å²) in [5.74, 6) is -0.0913. The van der Waals surface area contributed by atoms with Crippen LogP contribution in [0.5, 0.6) is 6.01 Å². The Morgan fingerprint density at radius 3 is 2.91 bits per heavy atom. The second-order valence-electron chi connectivity index (χ2n) is 4.94. The van der Waals surface area contributed by atoms with Crippen LogP contribution in [-0.4, -0.2) is 40.0 Å². The standard InChI is InChI=1S/C15H13BrClN3O2/c16-10-2-3-13(17)12(8-10)14(21)20-7-4-11(9-20)22-15-18-5-1-6-19-15/h1-3,5-6,8,11H,4,7,9H2. The van der Waals surface area contributed by atoms with E-state index in [2.05, 4.69) is 25.9 Å². The summed E-state index contributed by atoms with van der Waals surface area (Å²) in [6.45, 7) is 1.12. The first kappa shape index (κ1) is 15.2. The number of rotatable bonds is 3. The molecule has 1 aliphatic rings. The molecule has 2 aromatic rings. The molecule has 0 spiro atoms. The molecule has 1 fully saturated rings. The van der Waals surface area contributed by atoms with Crippen molar-refractivity contribution in [3.05, 3.63) is 51.7 Å². The monoisotopic (exact) mass is 381 g/mol. The van der Waals surface area contributed by atoms with Crippen molar-refractivity contribution >= 4 is 33.4 Å². The number of carbonyl (C=O) groups is 1. The summed E-state index contributed by atoms with van der Waals surface area (Å²) in [6, 6.07) is 7.32. The Balaban J connectivity index is 1.67. The molecule has 1 aromatic carbocycles. The molecule has 1 aromatic heterocycles. The molecule has 1 aliphatic heterocycles. The molecule has 0 aliphatic carbocycles. The van der Waals surface area contributed by atoms with Crippen LogP contribution in [0.3, 0.4) is 0 Å². The molecule has 0 N–H and O–H groups in total. The molecule has 22 heavy (non-hydrogen) atoms. The van der Waals surface area contributed by atoms with Crippen molar-refractivity contribution < 1.29 is 9.53 Å². The molecule has 1 amide bonds. The molecule has 1 unspecified atom stereocenters. The van der Waals surface area contributed by atoms with E-state index in [4.69, 9.17) is 16.3 Å². The van der Waals surface area contributed by atoms with Crippen molar-refractivity contribution in [3.63, 3.8) is 0 Å². The number of hydrogen-bond acceptors (Lipinski definition) is 4. The van der Waals surface area contributed by atoms with E-state index in [-0.39, 0.29) is 12.0 Å². The van der Waals surface area contributed by atoms with Gasteiger partial charge in [0.25, 0.3) is 5.91 Å². The van der Waals surface area contributed by atoms with Gasteiger partial charge in [-0.1, -0.05) is 27.5 Å². The summed E-state index contributed by atoms with van der Waals surface area (Å²) < 4.78 is 6.51. The third-order valence-electron chi connectivity index (χ3n) is 3.41. The molecular formula is C15H13BrClN3O2. The molecule has 0 saturated carbocycles. The van der Waals surface area contributed by atoms with Crippen molar-refractivity contribution in [1.29, 1.82) is 0 Å². The van der Waals surface area contributed by atoms with Crippen LogP contribution in [0.15, 0.2) is 41.1 Å². The van der Waals surface area contributed by atoms with Crippen molar-refractivity contribution in [2.45, 2.75) is 12.5 Å². The Hall–Kier alpha value is -1.66. The van der Waals surface area contributed by atoms with Crippen LogP contribution >= 0.6 is 27.5 Å². The highest BCUT2D eigenvalue weighted by Crippen LogP contribution is 2.24. The van der Waals surface area contributed by atoms with Gasteiger partial charge in [0.05, 0.1) is 17.1 Å². The summed E-state index contributed by atoms with van der Waals surface area (Å²) in [6.07, 6.45) is 3.90. The van der Waals surface area contributed by atoms with Gasteiger partial charge in [-0.3, -0.25) is 4.79 Å². The van der Waals surface area contributed by atoms with Crippen molar-refractivity contribution in [1.82, 2.24) is 14.9 Å². The molecule has 5 nitrogen and oxygen atoms in total. The minimum Gasteiger partial charge on any atom is -0.458 e. The van der Waals surface area contributed by atoms with E-state index in [0.717, 1.165) is 10.9 Å². The normalized spacial score (nSPS) is 17.5. The lowest BCUT2D eigenvalue weighted by Crippen LogP contribution is -2.31. The maximum Gasteiger partial charge on any atom is 0.316 e. The molecule has 114 valence electrons. The average molecular weight is 383 g/mol. The van der Waals surface area contributed by atoms with E-state index in [1.807, 2.05) is 6.07 Å². The fourth-order valence-corrected chi connectivity index (χ4v) is 2.90. The first-order valence-electron chi connectivity index (χ1n) is 6.81. The second-order valence-corrected chi connectivity index (χ2v) is 6.26. The first-order chi connectivity index (χ1) is 10.6. The van der Waals surface area contributed by atoms with Crippen LogP contribution in [0.4, 0.5) is 0 Å². The lowest BCUT2D eigenvalue weighted by Gasteiger charge is -2.17. The van der Waals surface area contributed by atoms with Gasteiger partial charge in [0.1, 0.15) is 6.10 Å². The van der Waals surface area contributed by atoms with Crippen LogP contribution < -0.4 is 4.74 Å². The van der Waals surface area contributed by atoms with Crippen LogP contribution in [0, 0.1) is 0 Å². The number of likely N-dealkylation sites (tertiary alicyclic amines) is 1. The van der Waals surface area contributed by atoms with Crippen molar-refractivity contribution in [2.75, 3.05) is 13.1 Å². The molecule has 7 heteroatoms. The number of halogens is 2. The van der Waals surface area contributed by atoms with Gasteiger partial charge in [-0.25, -0.2) is 9.97 Å². The van der Waals surface area contributed by atoms with Crippen LogP contribution in [0.25, 0.3) is 0 Å². The molecule has 1 atom stereocenters. The Morgan fingerprint density at radius 2 is 2.14 bits per heavy atom. The number of hydrogen-bond donors (Lipinski definition) is 0. The topological polar surface area (TPSA) is 55.3 Å². The first-order valence-corrected chi connectivity index (χ1v) is 7.98. The number of benzene rings is 1. The Kier molecular flexibility index (Phi) is 4.59. The third-order valence-corrected chi connectivity index (χ3v) is 4.23. The lowest BCUT2D eigenvalue weighted by atomic mass is 10.2. The Morgan fingerprint density at radius 1 is 1.36 bits per heavy atom. The minimum absolute atomic E-state index is 0.0913. The molecular weight excluding hydrogens is 370 g/mol. The number of ether oxygens (including phenoxy) is 1. The zero-order valence-corrected chi connectivity index (χ0v) is 13.9. The third kappa shape index (κ3) is 3.39. The van der Waals surface area contributed by atoms with Crippen molar-refractivity contribution in [3.8, 4) is 6.01 Å². The van der Waals surface area contributed by atoms with Gasteiger partial charge < -0.3 is 9.64 Å². The van der Waals surface area contributed by atoms with E-state index in [1.54, 1.807) is 35.5 Å². The number of aromatic nitrogens is 2. The average Bonchev–Trinajstić information content (AvgIpc) is 2.98. The quantitative estimate of drug-likeness (QED) is 0.818. The molecule has 3 rings (SSSR count). The summed E-state index contributed by atoms with van der Waals surface area (Å²) in [4.78, 5) is 22.4. The SMILES string of the molecule is O=C(c1cc(Br)ccc1Cl)N1CCC(Oc2ncccn2)C1. The molecule has 1 saturated heterocycles. The minimum atomic E-state index is -0.0997. The fourth-order valence-electron chi connectivity index (χ4n) is 2.34. The highest BCUT2D eigenvalue weighted by molar-refractivity contribution is 9.10. The smallest absolute Gasteiger partial charge is 0.316 e. The lowest BCUT2D eigenvalue weighted by molar-refractivity contribution is 0.0770. The van der Waals surface area contributed by atoms with Gasteiger partial charge in [0, 0.05) is 29.8 Å². The largest absolute Gasteiger partial charge is 0.458 e. The van der Waals surface area contributed by atoms with Gasteiger partial charge in [-0.05, 0) is 24.3 Å². The van der Waals surface area contributed by atoms with Crippen molar-refractivity contribution in [2.24, 2.45) is 0 Å². The molecule has 0 radical (unpaired) electrons. The van der Waals surface area contributed by atoms with Gasteiger partial charge in [0.15, 0.2) is 0 Å². The van der Waals surface area contributed by atoms with Gasteiger partial charge in [-0.15, -0.1) is 0 Å². The molecule has 0 bridgehead atoms. The highest BCUT2D eigenvalue weighted by Gasteiger charge is 2.29. The molecule has 2 heterocycles. The Bertz CT molecular complexity index is 684. The predicted molar refractivity (Wildman–Crippen MR) is 86.1 cm³/mol. The second kappa shape index (κ2) is 6.62. The maximum atomic E-state index is 12.6. The summed E-state index contributed by atoms with van der Waals surface area (Å²) in [5, 5.41) is 0.448.